The molecular weight excluding hydrogens is 332 g/mol. The number of carbonyl (C=O) groups is 1. The molecule has 0 aliphatic rings. The quantitative estimate of drug-likeness (QED) is 0.636. The second-order valence-electron chi connectivity index (χ2n) is 5.53. The molecule has 26 heavy (non-hydrogen) atoms. The van der Waals surface area contributed by atoms with E-state index in [-0.39, 0.29) is 5.91 Å². The van der Waals surface area contributed by atoms with Crippen molar-refractivity contribution in [3.05, 3.63) is 54.1 Å². The highest BCUT2D eigenvalue weighted by Crippen LogP contribution is 2.18. The molecule has 0 saturated carbocycles. The molecule has 0 fully saturated rings. The Balaban J connectivity index is 1.75. The number of methoxy groups -OCH3 is 1. The molecule has 0 aliphatic carbocycles. The minimum absolute atomic E-state index is 0.249. The van der Waals surface area contributed by atoms with E-state index in [0.29, 0.717) is 35.3 Å². The van der Waals surface area contributed by atoms with Gasteiger partial charge in [0.1, 0.15) is 18.2 Å². The first-order chi connectivity index (χ1) is 12.7. The molecule has 1 amide bonds. The molecule has 0 aliphatic heterocycles. The van der Waals surface area contributed by atoms with Gasteiger partial charge in [0, 0.05) is 23.6 Å². The number of ether oxygens (including phenoxy) is 2. The predicted octanol–water partition coefficient (Wildman–Crippen LogP) is 2.49. The molecule has 7 heteroatoms. The van der Waals surface area contributed by atoms with Crippen molar-refractivity contribution in [2.24, 2.45) is 0 Å². The summed E-state index contributed by atoms with van der Waals surface area (Å²) in [6.07, 6.45) is 0. The molecule has 7 nitrogen and oxygen atoms in total. The number of pyridine rings is 2. The summed E-state index contributed by atoms with van der Waals surface area (Å²) in [6.45, 7) is 1.24. The summed E-state index contributed by atoms with van der Waals surface area (Å²) >= 11 is 0. The van der Waals surface area contributed by atoms with Crippen molar-refractivity contribution >= 4 is 22.8 Å². The van der Waals surface area contributed by atoms with Gasteiger partial charge in [-0.2, -0.15) is 4.98 Å². The van der Waals surface area contributed by atoms with Crippen molar-refractivity contribution in [2.45, 2.75) is 0 Å². The summed E-state index contributed by atoms with van der Waals surface area (Å²) < 4.78 is 10.6. The van der Waals surface area contributed by atoms with Crippen molar-refractivity contribution in [1.29, 1.82) is 0 Å². The van der Waals surface area contributed by atoms with E-state index in [4.69, 9.17) is 9.47 Å². The topological polar surface area (TPSA) is 85.4 Å². The third kappa shape index (κ3) is 4.25. The molecule has 0 bridgehead atoms. The monoisotopic (exact) mass is 352 g/mol. The van der Waals surface area contributed by atoms with Crippen molar-refractivity contribution < 1.29 is 14.3 Å². The van der Waals surface area contributed by atoms with Crippen molar-refractivity contribution in [3.8, 4) is 11.6 Å². The van der Waals surface area contributed by atoms with E-state index in [1.165, 1.54) is 0 Å². The second-order valence-corrected chi connectivity index (χ2v) is 5.53. The Bertz CT molecular complexity index is 897. The first-order valence-electron chi connectivity index (χ1n) is 8.20. The van der Waals surface area contributed by atoms with Crippen LogP contribution in [0.25, 0.3) is 11.0 Å². The van der Waals surface area contributed by atoms with Crippen LogP contribution < -0.4 is 20.1 Å². The van der Waals surface area contributed by atoms with E-state index in [1.54, 1.807) is 43.5 Å². The number of nitrogens with zero attached hydrogens (tertiary/aromatic N) is 2. The van der Waals surface area contributed by atoms with Gasteiger partial charge in [-0.25, -0.2) is 4.98 Å². The van der Waals surface area contributed by atoms with Gasteiger partial charge in [0.25, 0.3) is 5.91 Å². The normalized spacial score (nSPS) is 10.5. The Labute approximate surface area is 151 Å². The summed E-state index contributed by atoms with van der Waals surface area (Å²) in [6, 6.07) is 14.2. The van der Waals surface area contributed by atoms with Crippen LogP contribution in [0.5, 0.6) is 11.6 Å². The summed E-state index contributed by atoms with van der Waals surface area (Å²) in [5, 5.41) is 6.65. The lowest BCUT2D eigenvalue weighted by atomic mass is 10.2. The maximum absolute atomic E-state index is 12.3. The van der Waals surface area contributed by atoms with Gasteiger partial charge >= 0.3 is 0 Å². The van der Waals surface area contributed by atoms with Crippen molar-refractivity contribution in [3.63, 3.8) is 0 Å². The molecule has 134 valence electrons. The Hall–Kier alpha value is -3.19. The SMILES string of the molecule is CNCCOc1ccc2ccc(NC(=O)c3ccc(OC)cc3)nc2n1. The minimum atomic E-state index is -0.249. The van der Waals surface area contributed by atoms with E-state index in [2.05, 4.69) is 20.6 Å². The van der Waals surface area contributed by atoms with Crippen LogP contribution in [0.3, 0.4) is 0 Å². The number of nitrogens with one attached hydrogen (secondary N) is 2. The molecule has 3 aromatic rings. The minimum Gasteiger partial charge on any atom is -0.497 e. The Morgan fingerprint density at radius 1 is 1.04 bits per heavy atom. The van der Waals surface area contributed by atoms with E-state index in [0.717, 1.165) is 11.9 Å². The molecular formula is C19H20N4O3. The van der Waals surface area contributed by atoms with Gasteiger partial charge in [0.05, 0.1) is 7.11 Å². The van der Waals surface area contributed by atoms with Crippen molar-refractivity contribution in [1.82, 2.24) is 15.3 Å². The van der Waals surface area contributed by atoms with Gasteiger partial charge in [-0.05, 0) is 49.5 Å². The largest absolute Gasteiger partial charge is 0.497 e. The van der Waals surface area contributed by atoms with Crippen LogP contribution in [0.4, 0.5) is 5.82 Å². The van der Waals surface area contributed by atoms with Crippen LogP contribution in [0, 0.1) is 0 Å². The molecule has 2 N–H and O–H groups in total. The van der Waals surface area contributed by atoms with Gasteiger partial charge in [0.2, 0.25) is 5.88 Å². The fourth-order valence-electron chi connectivity index (χ4n) is 2.32. The molecule has 0 saturated heterocycles. The smallest absolute Gasteiger partial charge is 0.256 e. The molecule has 0 unspecified atom stereocenters. The zero-order valence-electron chi connectivity index (χ0n) is 14.7. The van der Waals surface area contributed by atoms with Crippen LogP contribution in [-0.4, -0.2) is 43.2 Å². The number of hydrogen-bond donors (Lipinski definition) is 2. The van der Waals surface area contributed by atoms with Crippen LogP contribution in [-0.2, 0) is 0 Å². The number of hydrogen-bond acceptors (Lipinski definition) is 6. The number of amides is 1. The summed E-state index contributed by atoms with van der Waals surface area (Å²) in [5.74, 6) is 1.37. The lowest BCUT2D eigenvalue weighted by Crippen LogP contribution is -2.16. The third-order valence-electron chi connectivity index (χ3n) is 3.72. The van der Waals surface area contributed by atoms with Crippen LogP contribution in [0.1, 0.15) is 10.4 Å². The summed E-state index contributed by atoms with van der Waals surface area (Å²) in [7, 11) is 3.44. The van der Waals surface area contributed by atoms with E-state index in [1.807, 2.05) is 19.2 Å². The molecule has 0 atom stereocenters. The van der Waals surface area contributed by atoms with E-state index >= 15 is 0 Å². The average Bonchev–Trinajstić information content (AvgIpc) is 2.68. The average molecular weight is 352 g/mol. The Morgan fingerprint density at radius 2 is 1.81 bits per heavy atom. The van der Waals surface area contributed by atoms with E-state index in [9.17, 15) is 4.79 Å². The third-order valence-corrected chi connectivity index (χ3v) is 3.72. The van der Waals surface area contributed by atoms with Crippen molar-refractivity contribution in [2.75, 3.05) is 32.6 Å². The number of fused-ring (bicyclic) bond motifs is 1. The molecule has 2 heterocycles. The number of rotatable bonds is 7. The van der Waals surface area contributed by atoms with E-state index < -0.39 is 0 Å². The number of likely N-dealkylation sites (N-methyl/N-ethyl adjacent to an activating group) is 1. The standard InChI is InChI=1S/C19H20N4O3/c1-20-11-12-26-17-10-6-13-5-9-16(21-18(13)23-17)22-19(24)14-3-7-15(25-2)8-4-14/h3-10,20H,11-12H2,1-2H3,(H,21,22,23,24). The molecule has 2 aromatic heterocycles. The summed E-state index contributed by atoms with van der Waals surface area (Å²) in [4.78, 5) is 21.1. The fraction of sp³-hybridized carbons (Fsp3) is 0.211. The fourth-order valence-corrected chi connectivity index (χ4v) is 2.32. The predicted molar refractivity (Wildman–Crippen MR) is 99.9 cm³/mol. The number of carbonyl (C=O) groups excluding carboxylic acids is 1. The molecule has 3 rings (SSSR count). The number of benzene rings is 1. The zero-order chi connectivity index (χ0) is 18.4. The highest BCUT2D eigenvalue weighted by Gasteiger charge is 2.08. The maximum Gasteiger partial charge on any atom is 0.256 e. The molecule has 0 spiro atoms. The zero-order valence-corrected chi connectivity index (χ0v) is 14.7. The van der Waals surface area contributed by atoms with Gasteiger partial charge in [0.15, 0.2) is 5.65 Å². The van der Waals surface area contributed by atoms with Gasteiger partial charge in [-0.15, -0.1) is 0 Å². The number of aromatic nitrogens is 2. The first kappa shape index (κ1) is 17.6. The lowest BCUT2D eigenvalue weighted by molar-refractivity contribution is 0.102. The maximum atomic E-state index is 12.3. The Kier molecular flexibility index (Phi) is 5.60. The van der Waals surface area contributed by atoms with Crippen LogP contribution in [0.2, 0.25) is 0 Å². The van der Waals surface area contributed by atoms with Gasteiger partial charge in [-0.1, -0.05) is 0 Å². The second kappa shape index (κ2) is 8.26. The number of anilines is 1. The lowest BCUT2D eigenvalue weighted by Gasteiger charge is -2.08. The Morgan fingerprint density at radius 3 is 2.54 bits per heavy atom. The summed E-state index contributed by atoms with van der Waals surface area (Å²) in [5.41, 5.74) is 1.03. The molecule has 0 radical (unpaired) electrons. The van der Waals surface area contributed by atoms with Crippen LogP contribution in [0.15, 0.2) is 48.5 Å². The highest BCUT2D eigenvalue weighted by molar-refractivity contribution is 6.04. The highest BCUT2D eigenvalue weighted by atomic mass is 16.5. The van der Waals surface area contributed by atoms with Gasteiger partial charge in [-0.3, -0.25) is 4.79 Å². The van der Waals surface area contributed by atoms with Gasteiger partial charge < -0.3 is 20.1 Å². The first-order valence-corrected chi connectivity index (χ1v) is 8.20. The molecule has 1 aromatic carbocycles. The van der Waals surface area contributed by atoms with Crippen LogP contribution >= 0.6 is 0 Å².